The maximum Gasteiger partial charge on any atom is 0.328 e. The van der Waals surface area contributed by atoms with E-state index in [2.05, 4.69) is 10.7 Å². The lowest BCUT2D eigenvalue weighted by Crippen LogP contribution is -2.48. The zero-order valence-corrected chi connectivity index (χ0v) is 15.7. The zero-order chi connectivity index (χ0) is 20.5. The Bertz CT molecular complexity index is 868. The number of hydrazine groups is 1. The number of rotatable bonds is 6. The van der Waals surface area contributed by atoms with Gasteiger partial charge in [-0.1, -0.05) is 12.1 Å². The molecule has 0 saturated carbocycles. The minimum Gasteiger partial charge on any atom is -0.497 e. The Morgan fingerprint density at radius 2 is 1.64 bits per heavy atom. The molecule has 9 heteroatoms. The second-order valence-corrected chi connectivity index (χ2v) is 5.63. The number of aryl methyl sites for hydroxylation is 1. The highest BCUT2D eigenvalue weighted by Crippen LogP contribution is 2.25. The number of nitrogens with one attached hydrogen (secondary N) is 3. The highest BCUT2D eigenvalue weighted by Gasteiger charge is 2.17. The topological polar surface area (TPSA) is 115 Å². The van der Waals surface area contributed by atoms with Gasteiger partial charge in [-0.25, -0.2) is 0 Å². The van der Waals surface area contributed by atoms with Gasteiger partial charge in [0.2, 0.25) is 0 Å². The van der Waals surface area contributed by atoms with Gasteiger partial charge < -0.3 is 19.5 Å². The lowest BCUT2D eigenvalue weighted by atomic mass is 10.2. The van der Waals surface area contributed by atoms with Crippen molar-refractivity contribution in [1.82, 2.24) is 10.9 Å². The van der Waals surface area contributed by atoms with E-state index in [4.69, 9.17) is 14.2 Å². The summed E-state index contributed by atoms with van der Waals surface area (Å²) in [5, 5.41) is 2.42. The fraction of sp³-hybridized carbons (Fsp3) is 0.211. The lowest BCUT2D eigenvalue weighted by Gasteiger charge is -2.12. The molecule has 3 amide bonds. The molecular weight excluding hydrogens is 366 g/mol. The quantitative estimate of drug-likeness (QED) is 0.506. The van der Waals surface area contributed by atoms with Crippen LogP contribution in [-0.4, -0.2) is 38.5 Å². The first-order valence-corrected chi connectivity index (χ1v) is 8.24. The standard InChI is InChI=1S/C19H21N3O6/c1-12-7-8-16(27-3)15(9-12)20-18(24)19(25)22-21-17(23)11-28-14-6-4-5-13(10-14)26-2/h4-10H,11H2,1-3H3,(H,20,24)(H,21,23)(H,22,25). The number of benzene rings is 2. The molecule has 0 atom stereocenters. The molecule has 0 heterocycles. The van der Waals surface area contributed by atoms with Crippen molar-refractivity contribution in [2.45, 2.75) is 6.92 Å². The van der Waals surface area contributed by atoms with Gasteiger partial charge in [-0.3, -0.25) is 25.2 Å². The second kappa shape index (κ2) is 9.81. The predicted molar refractivity (Wildman–Crippen MR) is 101 cm³/mol. The summed E-state index contributed by atoms with van der Waals surface area (Å²) in [5.41, 5.74) is 5.34. The Labute approximate surface area is 161 Å². The Morgan fingerprint density at radius 1 is 0.893 bits per heavy atom. The smallest absolute Gasteiger partial charge is 0.328 e. The van der Waals surface area contributed by atoms with E-state index >= 15 is 0 Å². The maximum atomic E-state index is 12.0. The largest absolute Gasteiger partial charge is 0.497 e. The summed E-state index contributed by atoms with van der Waals surface area (Å²) < 4.78 is 15.5. The second-order valence-electron chi connectivity index (χ2n) is 5.63. The van der Waals surface area contributed by atoms with Crippen molar-refractivity contribution in [2.24, 2.45) is 0 Å². The van der Waals surface area contributed by atoms with E-state index in [9.17, 15) is 14.4 Å². The summed E-state index contributed by atoms with van der Waals surface area (Å²) in [5.74, 6) is -1.24. The average molecular weight is 387 g/mol. The van der Waals surface area contributed by atoms with Crippen LogP contribution in [0, 0.1) is 6.92 Å². The molecule has 0 fully saturated rings. The van der Waals surface area contributed by atoms with Crippen molar-refractivity contribution < 1.29 is 28.6 Å². The van der Waals surface area contributed by atoms with Crippen molar-refractivity contribution >= 4 is 23.4 Å². The first-order valence-electron chi connectivity index (χ1n) is 8.24. The first kappa shape index (κ1) is 20.6. The number of ether oxygens (including phenoxy) is 3. The third kappa shape index (κ3) is 5.90. The van der Waals surface area contributed by atoms with E-state index in [1.54, 1.807) is 42.5 Å². The molecule has 28 heavy (non-hydrogen) atoms. The Kier molecular flexibility index (Phi) is 7.21. The predicted octanol–water partition coefficient (Wildman–Crippen LogP) is 1.18. The number of methoxy groups -OCH3 is 2. The molecular formula is C19H21N3O6. The number of carbonyl (C=O) groups is 3. The molecule has 2 aromatic rings. The van der Waals surface area contributed by atoms with Crippen LogP contribution in [0.4, 0.5) is 5.69 Å². The average Bonchev–Trinajstić information content (AvgIpc) is 2.70. The molecule has 0 bridgehead atoms. The Balaban J connectivity index is 1.81. The van der Waals surface area contributed by atoms with Crippen LogP contribution in [0.25, 0.3) is 0 Å². The highest BCUT2D eigenvalue weighted by atomic mass is 16.5. The first-order chi connectivity index (χ1) is 13.4. The van der Waals surface area contributed by atoms with Gasteiger partial charge in [-0.05, 0) is 36.8 Å². The minimum atomic E-state index is -1.04. The molecule has 0 radical (unpaired) electrons. The van der Waals surface area contributed by atoms with Crippen LogP contribution in [0.5, 0.6) is 17.2 Å². The van der Waals surface area contributed by atoms with Gasteiger partial charge in [0.1, 0.15) is 17.2 Å². The molecule has 2 aromatic carbocycles. The molecule has 9 nitrogen and oxygen atoms in total. The Morgan fingerprint density at radius 3 is 2.36 bits per heavy atom. The molecule has 3 N–H and O–H groups in total. The fourth-order valence-electron chi connectivity index (χ4n) is 2.16. The summed E-state index contributed by atoms with van der Waals surface area (Å²) >= 11 is 0. The van der Waals surface area contributed by atoms with E-state index in [1.807, 2.05) is 12.3 Å². The van der Waals surface area contributed by atoms with Gasteiger partial charge in [0.15, 0.2) is 6.61 Å². The van der Waals surface area contributed by atoms with Crippen LogP contribution >= 0.6 is 0 Å². The highest BCUT2D eigenvalue weighted by molar-refractivity contribution is 6.39. The molecule has 0 saturated heterocycles. The number of carbonyl (C=O) groups excluding carboxylic acids is 3. The van der Waals surface area contributed by atoms with Crippen LogP contribution in [0.1, 0.15) is 5.56 Å². The molecule has 0 aliphatic heterocycles. The van der Waals surface area contributed by atoms with E-state index in [0.717, 1.165) is 5.56 Å². The van der Waals surface area contributed by atoms with Crippen LogP contribution in [-0.2, 0) is 14.4 Å². The van der Waals surface area contributed by atoms with Crippen LogP contribution < -0.4 is 30.4 Å². The third-order valence-corrected chi connectivity index (χ3v) is 3.54. The van der Waals surface area contributed by atoms with E-state index < -0.39 is 17.7 Å². The summed E-state index contributed by atoms with van der Waals surface area (Å²) in [6.07, 6.45) is 0. The molecule has 0 aliphatic carbocycles. The zero-order valence-electron chi connectivity index (χ0n) is 15.7. The Hall–Kier alpha value is -3.75. The number of hydrogen-bond donors (Lipinski definition) is 3. The van der Waals surface area contributed by atoms with E-state index in [0.29, 0.717) is 22.9 Å². The summed E-state index contributed by atoms with van der Waals surface area (Å²) in [4.78, 5) is 35.6. The van der Waals surface area contributed by atoms with E-state index in [-0.39, 0.29) is 6.61 Å². The summed E-state index contributed by atoms with van der Waals surface area (Å²) in [6.45, 7) is 1.47. The van der Waals surface area contributed by atoms with Crippen LogP contribution in [0.15, 0.2) is 42.5 Å². The number of anilines is 1. The van der Waals surface area contributed by atoms with Crippen molar-refractivity contribution in [1.29, 1.82) is 0 Å². The SMILES string of the molecule is COc1cccc(OCC(=O)NNC(=O)C(=O)Nc2cc(C)ccc2OC)c1. The van der Waals surface area contributed by atoms with Crippen molar-refractivity contribution in [2.75, 3.05) is 26.1 Å². The van der Waals surface area contributed by atoms with Gasteiger partial charge in [-0.15, -0.1) is 0 Å². The van der Waals surface area contributed by atoms with Gasteiger partial charge in [0.05, 0.1) is 19.9 Å². The van der Waals surface area contributed by atoms with E-state index in [1.165, 1.54) is 14.2 Å². The van der Waals surface area contributed by atoms with Gasteiger partial charge >= 0.3 is 11.8 Å². The fourth-order valence-corrected chi connectivity index (χ4v) is 2.16. The van der Waals surface area contributed by atoms with Gasteiger partial charge in [0, 0.05) is 6.07 Å². The summed E-state index contributed by atoms with van der Waals surface area (Å²) in [7, 11) is 2.96. The molecule has 0 aromatic heterocycles. The number of amides is 3. The lowest BCUT2D eigenvalue weighted by molar-refractivity contribution is -0.138. The minimum absolute atomic E-state index is 0.343. The van der Waals surface area contributed by atoms with Crippen molar-refractivity contribution in [3.05, 3.63) is 48.0 Å². The third-order valence-electron chi connectivity index (χ3n) is 3.54. The maximum absolute atomic E-state index is 12.0. The normalized spacial score (nSPS) is 9.82. The number of hydrogen-bond acceptors (Lipinski definition) is 6. The molecule has 2 rings (SSSR count). The summed E-state index contributed by atoms with van der Waals surface area (Å²) in [6, 6.07) is 11.8. The van der Waals surface area contributed by atoms with Crippen LogP contribution in [0.3, 0.4) is 0 Å². The van der Waals surface area contributed by atoms with Crippen molar-refractivity contribution in [3.8, 4) is 17.2 Å². The van der Waals surface area contributed by atoms with Crippen LogP contribution in [0.2, 0.25) is 0 Å². The molecule has 0 spiro atoms. The van der Waals surface area contributed by atoms with Gasteiger partial charge in [0.25, 0.3) is 5.91 Å². The van der Waals surface area contributed by atoms with Crippen molar-refractivity contribution in [3.63, 3.8) is 0 Å². The molecule has 148 valence electrons. The molecule has 0 unspecified atom stereocenters. The van der Waals surface area contributed by atoms with Gasteiger partial charge in [-0.2, -0.15) is 0 Å². The monoisotopic (exact) mass is 387 g/mol. The molecule has 0 aliphatic rings.